The minimum Gasteiger partial charge on any atom is -0.506 e. The first-order valence-electron chi connectivity index (χ1n) is 4.61. The Bertz CT molecular complexity index is 640. The highest BCUT2D eigenvalue weighted by atomic mass is 35.5. The maximum Gasteiger partial charge on any atom is 0.296 e. The van der Waals surface area contributed by atoms with Crippen molar-refractivity contribution >= 4 is 40.5 Å². The summed E-state index contributed by atoms with van der Waals surface area (Å²) in [7, 11) is 0. The molecule has 2 rings (SSSR count). The zero-order valence-corrected chi connectivity index (χ0v) is 10.8. The van der Waals surface area contributed by atoms with Crippen molar-refractivity contribution in [2.75, 3.05) is 0 Å². The van der Waals surface area contributed by atoms with E-state index >= 15 is 0 Å². The van der Waals surface area contributed by atoms with E-state index in [0.29, 0.717) is 0 Å². The number of H-pyrrole nitrogens is 1. The van der Waals surface area contributed by atoms with Gasteiger partial charge in [-0.2, -0.15) is 0 Å². The minimum atomic E-state index is -0.619. The van der Waals surface area contributed by atoms with Crippen LogP contribution in [0.3, 0.4) is 0 Å². The highest BCUT2D eigenvalue weighted by Crippen LogP contribution is 2.41. The molecular formula is C10H5Cl3N2O3. The number of aromatic hydroxyl groups is 1. The molecule has 1 aromatic heterocycles. The predicted octanol–water partition coefficient (Wildman–Crippen LogP) is 4.26. The zero-order valence-electron chi connectivity index (χ0n) is 8.58. The highest BCUT2D eigenvalue weighted by Gasteiger charge is 2.23. The number of nitrogens with one attached hydrogen (secondary N) is 1. The van der Waals surface area contributed by atoms with E-state index in [2.05, 4.69) is 4.98 Å². The van der Waals surface area contributed by atoms with Crippen molar-refractivity contribution in [3.8, 4) is 17.0 Å². The van der Waals surface area contributed by atoms with Gasteiger partial charge in [-0.1, -0.05) is 34.8 Å². The zero-order chi connectivity index (χ0) is 13.4. The largest absolute Gasteiger partial charge is 0.506 e. The van der Waals surface area contributed by atoms with E-state index in [1.165, 1.54) is 12.1 Å². The van der Waals surface area contributed by atoms with Crippen LogP contribution in [0.2, 0.25) is 15.2 Å². The molecule has 0 unspecified atom stereocenters. The van der Waals surface area contributed by atoms with Crippen molar-refractivity contribution in [1.82, 2.24) is 4.98 Å². The number of phenolic OH excluding ortho intramolecular Hbond substituents is 1. The number of halogens is 3. The molecule has 0 atom stereocenters. The number of aromatic nitrogens is 1. The topological polar surface area (TPSA) is 79.2 Å². The van der Waals surface area contributed by atoms with E-state index in [-0.39, 0.29) is 37.9 Å². The van der Waals surface area contributed by atoms with Gasteiger partial charge < -0.3 is 10.1 Å². The lowest BCUT2D eigenvalue weighted by molar-refractivity contribution is -0.384. The first-order chi connectivity index (χ1) is 8.40. The summed E-state index contributed by atoms with van der Waals surface area (Å²) in [6.07, 6.45) is 0. The Kier molecular flexibility index (Phi) is 3.38. The lowest BCUT2D eigenvalue weighted by Crippen LogP contribution is -1.90. The average molecular weight is 308 g/mol. The quantitative estimate of drug-likeness (QED) is 0.643. The third-order valence-electron chi connectivity index (χ3n) is 2.26. The van der Waals surface area contributed by atoms with Gasteiger partial charge in [0.25, 0.3) is 5.69 Å². The van der Waals surface area contributed by atoms with Gasteiger partial charge in [0.15, 0.2) is 0 Å². The fraction of sp³-hybridized carbons (Fsp3) is 0. The number of phenols is 1. The van der Waals surface area contributed by atoms with E-state index in [9.17, 15) is 15.2 Å². The molecule has 5 nitrogen and oxygen atoms in total. The molecule has 0 aliphatic carbocycles. The fourth-order valence-corrected chi connectivity index (χ4v) is 2.21. The molecule has 0 saturated carbocycles. The van der Waals surface area contributed by atoms with Crippen molar-refractivity contribution in [1.29, 1.82) is 0 Å². The van der Waals surface area contributed by atoms with Crippen molar-refractivity contribution < 1.29 is 10.0 Å². The number of aromatic amines is 1. The predicted molar refractivity (Wildman–Crippen MR) is 69.6 cm³/mol. The van der Waals surface area contributed by atoms with Gasteiger partial charge in [-0.3, -0.25) is 10.1 Å². The Labute approximate surface area is 116 Å². The minimum absolute atomic E-state index is 0.00230. The molecule has 2 aromatic rings. The van der Waals surface area contributed by atoms with E-state index in [4.69, 9.17) is 34.8 Å². The highest BCUT2D eigenvalue weighted by molar-refractivity contribution is 6.36. The normalized spacial score (nSPS) is 10.6. The Morgan fingerprint density at radius 2 is 1.89 bits per heavy atom. The van der Waals surface area contributed by atoms with Crippen LogP contribution in [-0.2, 0) is 0 Å². The van der Waals surface area contributed by atoms with Gasteiger partial charge in [0.05, 0.1) is 16.0 Å². The number of rotatable bonds is 2. The van der Waals surface area contributed by atoms with E-state index in [1.807, 2.05) is 0 Å². The Morgan fingerprint density at radius 3 is 2.50 bits per heavy atom. The van der Waals surface area contributed by atoms with E-state index in [0.717, 1.165) is 6.07 Å². The number of benzene rings is 1. The molecule has 8 heteroatoms. The van der Waals surface area contributed by atoms with Gasteiger partial charge in [0.2, 0.25) is 0 Å². The van der Waals surface area contributed by atoms with Gasteiger partial charge in [-0.25, -0.2) is 0 Å². The monoisotopic (exact) mass is 306 g/mol. The van der Waals surface area contributed by atoms with Crippen molar-refractivity contribution in [2.45, 2.75) is 0 Å². The number of hydrogen-bond acceptors (Lipinski definition) is 3. The standard InChI is InChI=1S/C10H5Cl3N2O3/c11-4-1-5(10(16)6(12)2-4)9-7(15(17)18)3-8(13)14-9/h1-3,14,16H. The van der Waals surface area contributed by atoms with Gasteiger partial charge in [-0.15, -0.1) is 0 Å². The van der Waals surface area contributed by atoms with Crippen LogP contribution in [0.15, 0.2) is 18.2 Å². The van der Waals surface area contributed by atoms with Crippen LogP contribution in [0.25, 0.3) is 11.3 Å². The van der Waals surface area contributed by atoms with Crippen molar-refractivity contribution in [3.63, 3.8) is 0 Å². The smallest absolute Gasteiger partial charge is 0.296 e. The second-order valence-corrected chi connectivity index (χ2v) is 4.67. The van der Waals surface area contributed by atoms with Crippen LogP contribution in [0.1, 0.15) is 0 Å². The number of nitro groups is 1. The Balaban J connectivity index is 2.73. The molecule has 0 saturated heterocycles. The lowest BCUT2D eigenvalue weighted by atomic mass is 10.1. The summed E-state index contributed by atoms with van der Waals surface area (Å²) < 4.78 is 0. The van der Waals surface area contributed by atoms with Gasteiger partial charge in [0.1, 0.15) is 16.6 Å². The molecular weight excluding hydrogens is 302 g/mol. The third kappa shape index (κ3) is 2.25. The van der Waals surface area contributed by atoms with Crippen molar-refractivity contribution in [2.24, 2.45) is 0 Å². The summed E-state index contributed by atoms with van der Waals surface area (Å²) in [6, 6.07) is 3.83. The molecule has 18 heavy (non-hydrogen) atoms. The Morgan fingerprint density at radius 1 is 1.22 bits per heavy atom. The molecule has 0 aliphatic heterocycles. The van der Waals surface area contributed by atoms with Crippen molar-refractivity contribution in [3.05, 3.63) is 43.5 Å². The molecule has 0 spiro atoms. The fourth-order valence-electron chi connectivity index (χ4n) is 1.52. The number of nitrogens with zero attached hydrogens (tertiary/aromatic N) is 1. The second-order valence-electron chi connectivity index (χ2n) is 3.42. The maximum absolute atomic E-state index is 10.9. The summed E-state index contributed by atoms with van der Waals surface area (Å²) in [5.74, 6) is -0.303. The summed E-state index contributed by atoms with van der Waals surface area (Å²) in [5, 5.41) is 21.0. The SMILES string of the molecule is O=[N+]([O-])c1cc(Cl)[nH]c1-c1cc(Cl)cc(Cl)c1O. The van der Waals surface area contributed by atoms with Crippen LogP contribution < -0.4 is 0 Å². The summed E-state index contributed by atoms with van der Waals surface area (Å²) in [6.45, 7) is 0. The second kappa shape index (κ2) is 4.68. The van der Waals surface area contributed by atoms with Crippen LogP contribution in [-0.4, -0.2) is 15.0 Å². The molecule has 0 aliphatic rings. The lowest BCUT2D eigenvalue weighted by Gasteiger charge is -2.05. The molecule has 0 radical (unpaired) electrons. The molecule has 0 bridgehead atoms. The first-order valence-corrected chi connectivity index (χ1v) is 5.75. The van der Waals surface area contributed by atoms with Gasteiger partial charge >= 0.3 is 0 Å². The summed E-state index contributed by atoms with van der Waals surface area (Å²) in [5.41, 5.74) is -0.105. The third-order valence-corrected chi connectivity index (χ3v) is 2.97. The molecule has 94 valence electrons. The molecule has 2 N–H and O–H groups in total. The van der Waals surface area contributed by atoms with E-state index < -0.39 is 4.92 Å². The van der Waals surface area contributed by atoms with E-state index in [1.54, 1.807) is 0 Å². The summed E-state index contributed by atoms with van der Waals surface area (Å²) in [4.78, 5) is 12.8. The molecule has 1 heterocycles. The van der Waals surface area contributed by atoms with Crippen LogP contribution in [0.4, 0.5) is 5.69 Å². The van der Waals surface area contributed by atoms with Gasteiger partial charge in [0, 0.05) is 10.6 Å². The van der Waals surface area contributed by atoms with Crippen LogP contribution in [0.5, 0.6) is 5.75 Å². The van der Waals surface area contributed by atoms with Gasteiger partial charge in [-0.05, 0) is 12.1 Å². The first kappa shape index (κ1) is 13.0. The van der Waals surface area contributed by atoms with Crippen LogP contribution in [0, 0.1) is 10.1 Å². The summed E-state index contributed by atoms with van der Waals surface area (Å²) >= 11 is 17.2. The van der Waals surface area contributed by atoms with Crippen LogP contribution >= 0.6 is 34.8 Å². The molecule has 1 aromatic carbocycles. The maximum atomic E-state index is 10.9. The number of hydrogen-bond donors (Lipinski definition) is 2. The molecule has 0 fully saturated rings. The molecule has 0 amide bonds. The Hall–Kier alpha value is -1.43. The average Bonchev–Trinajstić information content (AvgIpc) is 2.65.